The summed E-state index contributed by atoms with van der Waals surface area (Å²) >= 11 is 3.76. The first-order valence-electron chi connectivity index (χ1n) is 18.7. The lowest BCUT2D eigenvalue weighted by Crippen LogP contribution is -2.14. The van der Waals surface area contributed by atoms with E-state index in [1.54, 1.807) is 0 Å². The number of fused-ring (bicyclic) bond motifs is 9. The first-order valence-corrected chi connectivity index (χ1v) is 20.3. The molecule has 0 spiro atoms. The van der Waals surface area contributed by atoms with E-state index >= 15 is 0 Å². The van der Waals surface area contributed by atoms with Crippen LogP contribution < -0.4 is 0 Å². The summed E-state index contributed by atoms with van der Waals surface area (Å²) in [6, 6.07) is 54.7. The predicted molar refractivity (Wildman–Crippen MR) is 238 cm³/mol. The van der Waals surface area contributed by atoms with Crippen molar-refractivity contribution < 1.29 is 0 Å². The Morgan fingerprint density at radius 3 is 1.72 bits per heavy atom. The van der Waals surface area contributed by atoms with Gasteiger partial charge < -0.3 is 0 Å². The van der Waals surface area contributed by atoms with Crippen LogP contribution in [0, 0.1) is 6.92 Å². The predicted octanol–water partition coefficient (Wildman–Crippen LogP) is 15.8. The average Bonchev–Trinajstić information content (AvgIpc) is 3.82. The Labute approximate surface area is 323 Å². The van der Waals surface area contributed by atoms with Gasteiger partial charge in [0.05, 0.1) is 0 Å². The molecule has 10 aromatic rings. The van der Waals surface area contributed by atoms with Crippen molar-refractivity contribution in [2.24, 2.45) is 0 Å². The van der Waals surface area contributed by atoms with Crippen molar-refractivity contribution in [2.45, 2.75) is 26.2 Å². The minimum atomic E-state index is -0.0608. The largest absolute Gasteiger partial charge is 0.140 e. The summed E-state index contributed by atoms with van der Waals surface area (Å²) in [7, 11) is 0. The van der Waals surface area contributed by atoms with E-state index in [1.807, 2.05) is 22.7 Å². The average molecular weight is 725 g/mol. The van der Waals surface area contributed by atoms with Crippen LogP contribution in [-0.4, -0.2) is 0 Å². The molecule has 0 fully saturated rings. The number of rotatable bonds is 4. The summed E-state index contributed by atoms with van der Waals surface area (Å²) in [5.74, 6) is 0. The molecule has 0 unspecified atom stereocenters. The van der Waals surface area contributed by atoms with Crippen molar-refractivity contribution in [3.8, 4) is 44.5 Å². The summed E-state index contributed by atoms with van der Waals surface area (Å²) in [5, 5.41) is 9.04. The second-order valence-electron chi connectivity index (χ2n) is 15.2. The zero-order chi connectivity index (χ0) is 36.3. The lowest BCUT2D eigenvalue weighted by molar-refractivity contribution is 0.660. The Kier molecular flexibility index (Phi) is 6.81. The zero-order valence-electron chi connectivity index (χ0n) is 30.5. The third-order valence-corrected chi connectivity index (χ3v) is 14.3. The highest BCUT2D eigenvalue weighted by atomic mass is 32.1. The van der Waals surface area contributed by atoms with E-state index in [-0.39, 0.29) is 5.41 Å². The molecule has 8 aromatic carbocycles. The molecule has 1 aliphatic carbocycles. The van der Waals surface area contributed by atoms with Crippen LogP contribution in [0.3, 0.4) is 0 Å². The Balaban J connectivity index is 1.13. The highest BCUT2D eigenvalue weighted by Gasteiger charge is 2.35. The molecule has 2 heteroatoms. The molecule has 1 aliphatic rings. The van der Waals surface area contributed by atoms with Gasteiger partial charge in [0.2, 0.25) is 0 Å². The van der Waals surface area contributed by atoms with E-state index in [2.05, 4.69) is 179 Å². The molecular weight excluding hydrogens is 689 g/mol. The van der Waals surface area contributed by atoms with Gasteiger partial charge in [0.1, 0.15) is 0 Å². The lowest BCUT2D eigenvalue weighted by Gasteiger charge is -2.23. The van der Waals surface area contributed by atoms with Crippen LogP contribution in [0.15, 0.2) is 152 Å². The molecular formula is C52H36S2. The Morgan fingerprint density at radius 1 is 0.463 bits per heavy atom. The number of hydrogen-bond donors (Lipinski definition) is 0. The SMILES string of the molecule is C=Cc1c(-c2c(C)sc3ccccc23)ccc2c1sc1ccc(-c3c4ccccc4c(-c4ccc5c(c4)C(C)(C)c4ccccc4-5)c4ccccc34)cc12. The fourth-order valence-electron chi connectivity index (χ4n) is 9.55. The third-order valence-electron chi connectivity index (χ3n) is 12.0. The van der Waals surface area contributed by atoms with Gasteiger partial charge in [0.25, 0.3) is 0 Å². The first-order chi connectivity index (χ1) is 26.4. The van der Waals surface area contributed by atoms with Crippen LogP contribution >= 0.6 is 22.7 Å². The second-order valence-corrected chi connectivity index (χ2v) is 17.5. The Hall–Kier alpha value is -5.80. The molecule has 2 heterocycles. The molecule has 0 bridgehead atoms. The molecule has 54 heavy (non-hydrogen) atoms. The maximum absolute atomic E-state index is 4.35. The van der Waals surface area contributed by atoms with Crippen LogP contribution in [0.2, 0.25) is 0 Å². The minimum absolute atomic E-state index is 0.0608. The van der Waals surface area contributed by atoms with Gasteiger partial charge in [-0.05, 0) is 108 Å². The normalized spacial score (nSPS) is 13.3. The Bertz CT molecular complexity index is 3160. The van der Waals surface area contributed by atoms with E-state index in [0.717, 1.165) is 0 Å². The number of hydrogen-bond acceptors (Lipinski definition) is 2. The molecule has 0 saturated heterocycles. The van der Waals surface area contributed by atoms with Crippen molar-refractivity contribution in [1.82, 2.24) is 0 Å². The van der Waals surface area contributed by atoms with Gasteiger partial charge >= 0.3 is 0 Å². The van der Waals surface area contributed by atoms with Crippen molar-refractivity contribution >= 4 is 80.6 Å². The summed E-state index contributed by atoms with van der Waals surface area (Å²) in [6.07, 6.45) is 2.07. The van der Waals surface area contributed by atoms with Gasteiger partial charge in [-0.15, -0.1) is 22.7 Å². The molecule has 0 aliphatic heterocycles. The fraction of sp³-hybridized carbons (Fsp3) is 0.0769. The molecule has 11 rings (SSSR count). The van der Waals surface area contributed by atoms with Gasteiger partial charge in [-0.3, -0.25) is 0 Å². The van der Waals surface area contributed by atoms with Crippen LogP contribution in [0.25, 0.3) is 102 Å². The summed E-state index contributed by atoms with van der Waals surface area (Å²) in [5.41, 5.74) is 14.4. The van der Waals surface area contributed by atoms with Gasteiger partial charge in [0, 0.05) is 46.1 Å². The van der Waals surface area contributed by atoms with Crippen molar-refractivity contribution in [3.05, 3.63) is 174 Å². The van der Waals surface area contributed by atoms with E-state index in [4.69, 9.17) is 0 Å². The van der Waals surface area contributed by atoms with Gasteiger partial charge in [-0.1, -0.05) is 148 Å². The second kappa shape index (κ2) is 11.6. The fourth-order valence-corrected chi connectivity index (χ4v) is 11.9. The zero-order valence-corrected chi connectivity index (χ0v) is 32.1. The first kappa shape index (κ1) is 31.7. The molecule has 256 valence electrons. The number of thiophene rings is 2. The molecule has 2 aromatic heterocycles. The Morgan fingerprint density at radius 2 is 1.02 bits per heavy atom. The molecule has 0 nitrogen and oxygen atoms in total. The molecule has 0 N–H and O–H groups in total. The third kappa shape index (κ3) is 4.36. The highest BCUT2D eigenvalue weighted by Crippen LogP contribution is 2.52. The molecule has 0 atom stereocenters. The van der Waals surface area contributed by atoms with Gasteiger partial charge in [-0.2, -0.15) is 0 Å². The van der Waals surface area contributed by atoms with E-state index in [0.29, 0.717) is 0 Å². The smallest absolute Gasteiger partial charge is 0.0433 e. The maximum Gasteiger partial charge on any atom is 0.0433 e. The van der Waals surface area contributed by atoms with E-state index in [9.17, 15) is 0 Å². The van der Waals surface area contributed by atoms with Gasteiger partial charge in [-0.25, -0.2) is 0 Å². The van der Waals surface area contributed by atoms with Crippen LogP contribution in [0.4, 0.5) is 0 Å². The standard InChI is InChI=1S/C52H36S2/c1-5-33-40(48-30(2)53-46-21-13-11-19-42(46)48)25-26-41-43-28-31(23-27-47(43)54-51(33)41)49-36-15-6-8-17-38(36)50(39-18-9-7-16-37(39)49)32-22-24-35-34-14-10-12-20-44(34)52(3,4)45(35)29-32/h5-29H,1H2,2-4H3. The van der Waals surface area contributed by atoms with Crippen LogP contribution in [-0.2, 0) is 5.41 Å². The van der Waals surface area contributed by atoms with Gasteiger partial charge in [0.15, 0.2) is 0 Å². The van der Waals surface area contributed by atoms with Crippen LogP contribution in [0.5, 0.6) is 0 Å². The van der Waals surface area contributed by atoms with E-state index < -0.39 is 0 Å². The quantitative estimate of drug-likeness (QED) is 0.159. The van der Waals surface area contributed by atoms with Crippen molar-refractivity contribution in [2.75, 3.05) is 0 Å². The minimum Gasteiger partial charge on any atom is -0.140 e. The lowest BCUT2D eigenvalue weighted by atomic mass is 9.80. The van der Waals surface area contributed by atoms with E-state index in [1.165, 1.54) is 118 Å². The summed E-state index contributed by atoms with van der Waals surface area (Å²) in [4.78, 5) is 1.35. The monoisotopic (exact) mass is 724 g/mol. The maximum atomic E-state index is 4.35. The molecule has 0 saturated carbocycles. The topological polar surface area (TPSA) is 0 Å². The highest BCUT2D eigenvalue weighted by molar-refractivity contribution is 7.26. The summed E-state index contributed by atoms with van der Waals surface area (Å²) < 4.78 is 3.93. The molecule has 0 radical (unpaired) electrons. The van der Waals surface area contributed by atoms with Crippen molar-refractivity contribution in [1.29, 1.82) is 0 Å². The number of aryl methyl sites for hydroxylation is 1. The van der Waals surface area contributed by atoms with Crippen LogP contribution in [0.1, 0.15) is 35.4 Å². The summed E-state index contributed by atoms with van der Waals surface area (Å²) in [6.45, 7) is 11.3. The van der Waals surface area contributed by atoms with Crippen molar-refractivity contribution in [3.63, 3.8) is 0 Å². The molecule has 0 amide bonds. The number of benzene rings is 8.